The van der Waals surface area contributed by atoms with E-state index in [1.807, 2.05) is 6.20 Å². The van der Waals surface area contributed by atoms with Crippen LogP contribution in [0.25, 0.3) is 0 Å². The van der Waals surface area contributed by atoms with E-state index in [1.165, 1.54) is 31.2 Å². The van der Waals surface area contributed by atoms with E-state index in [9.17, 15) is 0 Å². The second kappa shape index (κ2) is 6.55. The number of rotatable bonds is 6. The highest BCUT2D eigenvalue weighted by molar-refractivity contribution is 5.40. The van der Waals surface area contributed by atoms with Crippen LogP contribution in [0.3, 0.4) is 0 Å². The van der Waals surface area contributed by atoms with Gasteiger partial charge in [-0.15, -0.1) is 0 Å². The van der Waals surface area contributed by atoms with Crippen LogP contribution in [0.4, 0.5) is 5.82 Å². The van der Waals surface area contributed by atoms with Crippen molar-refractivity contribution in [3.8, 4) is 0 Å². The monoisotopic (exact) mass is 275 g/mol. The molecule has 2 aliphatic rings. The summed E-state index contributed by atoms with van der Waals surface area (Å²) in [6.07, 6.45) is 7.05. The Labute approximate surface area is 121 Å². The summed E-state index contributed by atoms with van der Waals surface area (Å²) in [5, 5.41) is 3.55. The average molecular weight is 275 g/mol. The zero-order valence-corrected chi connectivity index (χ0v) is 12.3. The molecule has 1 aliphatic carbocycles. The summed E-state index contributed by atoms with van der Waals surface area (Å²) < 4.78 is 5.56. The van der Waals surface area contributed by atoms with Crippen LogP contribution in [0.1, 0.15) is 31.2 Å². The summed E-state index contributed by atoms with van der Waals surface area (Å²) >= 11 is 0. The molecular formula is C16H25N3O. The summed E-state index contributed by atoms with van der Waals surface area (Å²) in [5.74, 6) is 1.72. The highest BCUT2D eigenvalue weighted by Crippen LogP contribution is 2.21. The molecule has 1 saturated heterocycles. The first kappa shape index (κ1) is 13.8. The fourth-order valence-corrected chi connectivity index (χ4v) is 2.76. The molecule has 1 aromatic rings. The molecular weight excluding hydrogens is 250 g/mol. The van der Waals surface area contributed by atoms with Gasteiger partial charge in [0.1, 0.15) is 5.82 Å². The van der Waals surface area contributed by atoms with Gasteiger partial charge in [0.25, 0.3) is 0 Å². The third-order valence-corrected chi connectivity index (χ3v) is 4.16. The molecule has 110 valence electrons. The van der Waals surface area contributed by atoms with Gasteiger partial charge in [-0.2, -0.15) is 0 Å². The maximum atomic E-state index is 5.56. The smallest absolute Gasteiger partial charge is 0.128 e. The summed E-state index contributed by atoms with van der Waals surface area (Å²) in [6, 6.07) is 5.07. The summed E-state index contributed by atoms with van der Waals surface area (Å²) in [7, 11) is 2.13. The SMILES string of the molecule is CN(CC1CCCOC1)c1cc(CNC2CC2)ccn1. The highest BCUT2D eigenvalue weighted by Gasteiger charge is 2.20. The largest absolute Gasteiger partial charge is 0.381 e. The van der Waals surface area contributed by atoms with Gasteiger partial charge in [-0.1, -0.05) is 0 Å². The first-order valence-corrected chi connectivity index (χ1v) is 7.78. The van der Waals surface area contributed by atoms with Crippen molar-refractivity contribution in [3.05, 3.63) is 23.9 Å². The maximum Gasteiger partial charge on any atom is 0.128 e. The zero-order valence-electron chi connectivity index (χ0n) is 12.3. The fraction of sp³-hybridized carbons (Fsp3) is 0.688. The first-order chi connectivity index (χ1) is 9.81. The molecule has 1 aliphatic heterocycles. The number of pyridine rings is 1. The van der Waals surface area contributed by atoms with Gasteiger partial charge in [0, 0.05) is 39.0 Å². The Morgan fingerprint density at radius 2 is 2.30 bits per heavy atom. The van der Waals surface area contributed by atoms with E-state index in [4.69, 9.17) is 4.74 Å². The van der Waals surface area contributed by atoms with Gasteiger partial charge in [0.05, 0.1) is 6.61 Å². The van der Waals surface area contributed by atoms with Crippen LogP contribution in [0.5, 0.6) is 0 Å². The lowest BCUT2D eigenvalue weighted by Crippen LogP contribution is -2.31. The van der Waals surface area contributed by atoms with E-state index < -0.39 is 0 Å². The van der Waals surface area contributed by atoms with Gasteiger partial charge in [0.15, 0.2) is 0 Å². The zero-order chi connectivity index (χ0) is 13.8. The number of hydrogen-bond donors (Lipinski definition) is 1. The van der Waals surface area contributed by atoms with Crippen LogP contribution in [0.15, 0.2) is 18.3 Å². The molecule has 0 spiro atoms. The Morgan fingerprint density at radius 1 is 1.40 bits per heavy atom. The molecule has 0 aromatic carbocycles. The van der Waals surface area contributed by atoms with Crippen molar-refractivity contribution in [3.63, 3.8) is 0 Å². The van der Waals surface area contributed by atoms with E-state index in [1.54, 1.807) is 0 Å². The van der Waals surface area contributed by atoms with Crippen LogP contribution in [-0.4, -0.2) is 37.8 Å². The van der Waals surface area contributed by atoms with Gasteiger partial charge < -0.3 is 15.0 Å². The molecule has 2 heterocycles. The van der Waals surface area contributed by atoms with Crippen molar-refractivity contribution < 1.29 is 4.74 Å². The van der Waals surface area contributed by atoms with Crippen LogP contribution >= 0.6 is 0 Å². The molecule has 0 amide bonds. The molecule has 0 radical (unpaired) electrons. The summed E-state index contributed by atoms with van der Waals surface area (Å²) in [5.41, 5.74) is 1.33. The molecule has 20 heavy (non-hydrogen) atoms. The predicted molar refractivity (Wildman–Crippen MR) is 80.9 cm³/mol. The van der Waals surface area contributed by atoms with Crippen molar-refractivity contribution in [1.82, 2.24) is 10.3 Å². The van der Waals surface area contributed by atoms with Crippen LogP contribution in [-0.2, 0) is 11.3 Å². The molecule has 1 saturated carbocycles. The lowest BCUT2D eigenvalue weighted by molar-refractivity contribution is 0.0576. The van der Waals surface area contributed by atoms with Crippen LogP contribution < -0.4 is 10.2 Å². The molecule has 1 unspecified atom stereocenters. The first-order valence-electron chi connectivity index (χ1n) is 7.78. The van der Waals surface area contributed by atoms with Crippen molar-refractivity contribution in [1.29, 1.82) is 0 Å². The number of nitrogens with zero attached hydrogens (tertiary/aromatic N) is 2. The van der Waals surface area contributed by atoms with Crippen molar-refractivity contribution in [2.75, 3.05) is 31.7 Å². The average Bonchev–Trinajstić information content (AvgIpc) is 3.31. The number of aromatic nitrogens is 1. The fourth-order valence-electron chi connectivity index (χ4n) is 2.76. The van der Waals surface area contributed by atoms with E-state index in [-0.39, 0.29) is 0 Å². The number of hydrogen-bond acceptors (Lipinski definition) is 4. The van der Waals surface area contributed by atoms with Crippen LogP contribution in [0.2, 0.25) is 0 Å². The Hall–Kier alpha value is -1.13. The number of nitrogens with one attached hydrogen (secondary N) is 1. The molecule has 4 nitrogen and oxygen atoms in total. The lowest BCUT2D eigenvalue weighted by atomic mass is 10.0. The molecule has 0 bridgehead atoms. The van der Waals surface area contributed by atoms with E-state index in [0.29, 0.717) is 5.92 Å². The molecule has 2 fully saturated rings. The summed E-state index contributed by atoms with van der Waals surface area (Å²) in [6.45, 7) is 3.82. The van der Waals surface area contributed by atoms with Crippen molar-refractivity contribution in [2.45, 2.75) is 38.3 Å². The maximum absolute atomic E-state index is 5.56. The van der Waals surface area contributed by atoms with Crippen molar-refractivity contribution >= 4 is 5.82 Å². The molecule has 1 N–H and O–H groups in total. The second-order valence-corrected chi connectivity index (χ2v) is 6.14. The van der Waals surface area contributed by atoms with E-state index in [2.05, 4.69) is 34.4 Å². The minimum Gasteiger partial charge on any atom is -0.381 e. The summed E-state index contributed by atoms with van der Waals surface area (Å²) in [4.78, 5) is 6.77. The van der Waals surface area contributed by atoms with Gasteiger partial charge >= 0.3 is 0 Å². The van der Waals surface area contributed by atoms with Gasteiger partial charge in [-0.25, -0.2) is 4.98 Å². The van der Waals surface area contributed by atoms with E-state index >= 15 is 0 Å². The second-order valence-electron chi connectivity index (χ2n) is 6.14. The predicted octanol–water partition coefficient (Wildman–Crippen LogP) is 2.20. The van der Waals surface area contributed by atoms with Gasteiger partial charge in [-0.05, 0) is 49.3 Å². The van der Waals surface area contributed by atoms with E-state index in [0.717, 1.165) is 38.2 Å². The Kier molecular flexibility index (Phi) is 4.53. The third-order valence-electron chi connectivity index (χ3n) is 4.16. The van der Waals surface area contributed by atoms with Crippen molar-refractivity contribution in [2.24, 2.45) is 5.92 Å². The quantitative estimate of drug-likeness (QED) is 0.863. The normalized spacial score (nSPS) is 22.8. The molecule has 4 heteroatoms. The Balaban J connectivity index is 1.55. The number of ether oxygens (including phenoxy) is 1. The standard InChI is InChI=1S/C16H25N3O/c1-19(11-14-3-2-8-20-12-14)16-9-13(6-7-17-16)10-18-15-4-5-15/h6-7,9,14-15,18H,2-5,8,10-12H2,1H3. The third kappa shape index (κ3) is 3.93. The lowest BCUT2D eigenvalue weighted by Gasteiger charge is -2.28. The topological polar surface area (TPSA) is 37.4 Å². The Morgan fingerprint density at radius 3 is 3.05 bits per heavy atom. The molecule has 3 rings (SSSR count). The van der Waals surface area contributed by atoms with Crippen LogP contribution in [0, 0.1) is 5.92 Å². The van der Waals surface area contributed by atoms with Gasteiger partial charge in [0.2, 0.25) is 0 Å². The minimum absolute atomic E-state index is 0.642. The Bertz CT molecular complexity index is 427. The molecule has 1 aromatic heterocycles. The molecule has 1 atom stereocenters. The number of anilines is 1. The highest BCUT2D eigenvalue weighted by atomic mass is 16.5. The van der Waals surface area contributed by atoms with Gasteiger partial charge in [-0.3, -0.25) is 0 Å². The minimum atomic E-state index is 0.642.